The van der Waals surface area contributed by atoms with Crippen molar-refractivity contribution in [3.63, 3.8) is 0 Å². The molecule has 5 rings (SSSR count). The number of carbonyl (C=O) groups is 2. The minimum absolute atomic E-state index is 0.0267. The largest absolute Gasteiger partial charge is 0.340 e. The topological polar surface area (TPSA) is 88.9 Å². The quantitative estimate of drug-likeness (QED) is 0.394. The number of pyridine rings is 1. The molecule has 1 atom stereocenters. The molecule has 0 radical (unpaired) electrons. The number of anilines is 1. The van der Waals surface area contributed by atoms with Gasteiger partial charge in [-0.3, -0.25) is 14.3 Å². The van der Waals surface area contributed by atoms with Crippen LogP contribution in [-0.4, -0.2) is 26.6 Å². The zero-order valence-electron chi connectivity index (χ0n) is 17.9. The summed E-state index contributed by atoms with van der Waals surface area (Å²) in [6.45, 7) is 0. The number of rotatable bonds is 4. The smallest absolute Gasteiger partial charge is 0.271 e. The number of hydrogen-bond donors (Lipinski definition) is 2. The van der Waals surface area contributed by atoms with Gasteiger partial charge in [-0.05, 0) is 42.5 Å². The lowest BCUT2D eigenvalue weighted by Gasteiger charge is -2.18. The van der Waals surface area contributed by atoms with E-state index in [4.69, 9.17) is 23.2 Å². The predicted octanol–water partition coefficient (Wildman–Crippen LogP) is 5.15. The summed E-state index contributed by atoms with van der Waals surface area (Å²) in [6, 6.07) is 7.88. The van der Waals surface area contributed by atoms with Crippen molar-refractivity contribution in [1.29, 1.82) is 0 Å². The first kappa shape index (κ1) is 22.9. The van der Waals surface area contributed by atoms with Crippen molar-refractivity contribution in [1.82, 2.24) is 20.1 Å². The summed E-state index contributed by atoms with van der Waals surface area (Å²) in [5.74, 6) is -2.42. The first-order valence-corrected chi connectivity index (χ1v) is 11.0. The van der Waals surface area contributed by atoms with Gasteiger partial charge in [-0.1, -0.05) is 23.2 Å². The first-order chi connectivity index (χ1) is 16.7. The van der Waals surface area contributed by atoms with Crippen molar-refractivity contribution in [2.75, 3.05) is 5.32 Å². The summed E-state index contributed by atoms with van der Waals surface area (Å²) in [5, 5.41) is 9.86. The highest BCUT2D eigenvalue weighted by Gasteiger charge is 2.36. The Labute approximate surface area is 207 Å². The van der Waals surface area contributed by atoms with Crippen LogP contribution in [0.5, 0.6) is 0 Å². The highest BCUT2D eigenvalue weighted by Crippen LogP contribution is 2.40. The molecule has 0 aliphatic carbocycles. The molecule has 2 aromatic heterocycles. The second kappa shape index (κ2) is 8.75. The second-order valence-corrected chi connectivity index (χ2v) is 8.75. The number of benzene rings is 2. The summed E-state index contributed by atoms with van der Waals surface area (Å²) >= 11 is 12.2. The lowest BCUT2D eigenvalue weighted by molar-refractivity contribution is 0.0955. The molecule has 0 spiro atoms. The van der Waals surface area contributed by atoms with Gasteiger partial charge in [0.15, 0.2) is 0 Å². The number of nitrogens with one attached hydrogen (secondary N) is 2. The fourth-order valence-corrected chi connectivity index (χ4v) is 4.39. The molecule has 2 aromatic carbocycles. The number of hydrogen-bond acceptors (Lipinski definition) is 4. The Balaban J connectivity index is 1.67. The Hall–Kier alpha value is -3.82. The molecule has 176 valence electrons. The standard InChI is InChI=1S/C24H15Cl2F2N5O2/c1-33-10-12(9-29-33)18-8-19(31-23(34)11-4-13(25)6-15(28)5-11)20-21(32-24(35)22(20)30-18)16-7-14(27)2-3-17(16)26/h2-10,21H,1H3,(H,32,35)(H,30,31,34)/t21-/m0/s1. The maximum atomic E-state index is 14.1. The zero-order chi connectivity index (χ0) is 24.9. The van der Waals surface area contributed by atoms with Crippen LogP contribution < -0.4 is 10.6 Å². The second-order valence-electron chi connectivity index (χ2n) is 7.90. The summed E-state index contributed by atoms with van der Waals surface area (Å²) in [7, 11) is 1.72. The van der Waals surface area contributed by atoms with Gasteiger partial charge in [0, 0.05) is 45.5 Å². The van der Waals surface area contributed by atoms with Crippen molar-refractivity contribution in [3.8, 4) is 11.3 Å². The maximum absolute atomic E-state index is 14.1. The highest BCUT2D eigenvalue weighted by atomic mass is 35.5. The number of nitrogens with zero attached hydrogens (tertiary/aromatic N) is 3. The SMILES string of the molecule is Cn1cc(-c2cc(NC(=O)c3cc(F)cc(Cl)c3)c3c(n2)C(=O)N[C@H]3c2cc(F)ccc2Cl)cn1. The van der Waals surface area contributed by atoms with Gasteiger partial charge in [0.05, 0.1) is 23.6 Å². The third-order valence-corrected chi connectivity index (χ3v) is 6.04. The van der Waals surface area contributed by atoms with Crippen molar-refractivity contribution >= 4 is 40.7 Å². The van der Waals surface area contributed by atoms with Crippen LogP contribution in [-0.2, 0) is 7.05 Å². The highest BCUT2D eigenvalue weighted by molar-refractivity contribution is 6.31. The number of halogens is 4. The van der Waals surface area contributed by atoms with E-state index in [1.165, 1.54) is 24.3 Å². The fourth-order valence-electron chi connectivity index (χ4n) is 3.95. The van der Waals surface area contributed by atoms with Crippen LogP contribution in [0.15, 0.2) is 54.9 Å². The minimum Gasteiger partial charge on any atom is -0.340 e. The van der Waals surface area contributed by atoms with Gasteiger partial charge in [-0.15, -0.1) is 0 Å². The molecule has 0 bridgehead atoms. The molecular weight excluding hydrogens is 499 g/mol. The first-order valence-electron chi connectivity index (χ1n) is 10.3. The molecule has 1 aliphatic heterocycles. The molecule has 2 amide bonds. The number of aryl methyl sites for hydroxylation is 1. The number of fused-ring (bicyclic) bond motifs is 1. The average molecular weight is 514 g/mol. The van der Waals surface area contributed by atoms with Crippen molar-refractivity contribution in [2.45, 2.75) is 6.04 Å². The van der Waals surface area contributed by atoms with Crippen LogP contribution >= 0.6 is 23.2 Å². The van der Waals surface area contributed by atoms with E-state index in [1.54, 1.807) is 30.2 Å². The van der Waals surface area contributed by atoms with Crippen LogP contribution in [0.2, 0.25) is 10.0 Å². The summed E-state index contributed by atoms with van der Waals surface area (Å²) < 4.78 is 29.5. The molecule has 3 heterocycles. The summed E-state index contributed by atoms with van der Waals surface area (Å²) in [6.07, 6.45) is 3.25. The lowest BCUT2D eigenvalue weighted by atomic mass is 9.97. The van der Waals surface area contributed by atoms with Crippen molar-refractivity contribution in [2.24, 2.45) is 7.05 Å². The Morgan fingerprint density at radius 1 is 1.11 bits per heavy atom. The van der Waals surface area contributed by atoms with Crippen molar-refractivity contribution in [3.05, 3.63) is 98.9 Å². The van der Waals surface area contributed by atoms with Gasteiger partial charge in [0.1, 0.15) is 17.3 Å². The van der Waals surface area contributed by atoms with Gasteiger partial charge in [-0.25, -0.2) is 13.8 Å². The van der Waals surface area contributed by atoms with Gasteiger partial charge in [-0.2, -0.15) is 5.10 Å². The van der Waals surface area contributed by atoms with E-state index in [9.17, 15) is 18.4 Å². The van der Waals surface area contributed by atoms with Crippen molar-refractivity contribution < 1.29 is 18.4 Å². The number of carbonyl (C=O) groups excluding carboxylic acids is 2. The van der Waals surface area contributed by atoms with Gasteiger partial charge >= 0.3 is 0 Å². The van der Waals surface area contributed by atoms with E-state index in [1.807, 2.05) is 0 Å². The van der Waals surface area contributed by atoms with Gasteiger partial charge in [0.2, 0.25) is 0 Å². The molecule has 35 heavy (non-hydrogen) atoms. The average Bonchev–Trinajstić information content (AvgIpc) is 3.38. The van der Waals surface area contributed by atoms with E-state index < -0.39 is 29.5 Å². The molecule has 0 fully saturated rings. The number of aromatic nitrogens is 3. The van der Waals surface area contributed by atoms with E-state index in [-0.39, 0.29) is 27.0 Å². The van der Waals surface area contributed by atoms with Crippen LogP contribution in [0, 0.1) is 11.6 Å². The third-order valence-electron chi connectivity index (χ3n) is 5.48. The normalized spacial score (nSPS) is 14.5. The van der Waals surface area contributed by atoms with Crippen LogP contribution in [0.3, 0.4) is 0 Å². The molecule has 11 heteroatoms. The molecule has 2 N–H and O–H groups in total. The molecule has 0 saturated carbocycles. The van der Waals surface area contributed by atoms with E-state index in [2.05, 4.69) is 20.7 Å². The molecular formula is C24H15Cl2F2N5O2. The van der Waals surface area contributed by atoms with Crippen LogP contribution in [0.25, 0.3) is 11.3 Å². The fraction of sp³-hybridized carbons (Fsp3) is 0.0833. The summed E-state index contributed by atoms with van der Waals surface area (Å²) in [5.41, 5.74) is 1.77. The van der Waals surface area contributed by atoms with Gasteiger partial charge < -0.3 is 10.6 Å². The molecule has 4 aromatic rings. The third kappa shape index (κ3) is 4.36. The van der Waals surface area contributed by atoms with Crippen LogP contribution in [0.4, 0.5) is 14.5 Å². The molecule has 0 saturated heterocycles. The van der Waals surface area contributed by atoms with E-state index in [0.29, 0.717) is 22.4 Å². The monoisotopic (exact) mass is 513 g/mol. The molecule has 7 nitrogen and oxygen atoms in total. The Morgan fingerprint density at radius 3 is 2.63 bits per heavy atom. The summed E-state index contributed by atoms with van der Waals surface area (Å²) in [4.78, 5) is 30.5. The van der Waals surface area contributed by atoms with Crippen LogP contribution in [0.1, 0.15) is 38.0 Å². The van der Waals surface area contributed by atoms with E-state index in [0.717, 1.165) is 12.1 Å². The lowest BCUT2D eigenvalue weighted by Crippen LogP contribution is -2.21. The Kier molecular flexibility index (Phi) is 5.74. The molecule has 0 unspecified atom stereocenters. The molecule has 1 aliphatic rings. The predicted molar refractivity (Wildman–Crippen MR) is 127 cm³/mol. The number of amides is 2. The minimum atomic E-state index is -0.887. The van der Waals surface area contributed by atoms with Gasteiger partial charge in [0.25, 0.3) is 11.8 Å². The Bertz CT molecular complexity index is 1500. The maximum Gasteiger partial charge on any atom is 0.271 e. The van der Waals surface area contributed by atoms with E-state index >= 15 is 0 Å². The Morgan fingerprint density at radius 2 is 1.91 bits per heavy atom. The zero-order valence-corrected chi connectivity index (χ0v) is 19.5.